The molecule has 1 aliphatic rings. The quantitative estimate of drug-likeness (QED) is 0.135. The second-order valence-corrected chi connectivity index (χ2v) is 15.3. The van der Waals surface area contributed by atoms with E-state index in [1.54, 1.807) is 12.4 Å². The lowest BCUT2D eigenvalue weighted by molar-refractivity contribution is 0.0696. The Labute approximate surface area is 282 Å². The van der Waals surface area contributed by atoms with E-state index in [4.69, 9.17) is 4.74 Å². The first-order valence-electron chi connectivity index (χ1n) is 16.3. The number of carboxylic acids is 1. The van der Waals surface area contributed by atoms with E-state index >= 15 is 0 Å². The highest BCUT2D eigenvalue weighted by Gasteiger charge is 2.23. The fraction of sp³-hybridized carbons (Fsp3) is 0.417. The maximum Gasteiger partial charge on any atom is 0.335 e. The van der Waals surface area contributed by atoms with Gasteiger partial charge < -0.3 is 15.2 Å². The molecular weight excluding hydrogens is 629 g/mol. The Morgan fingerprint density at radius 3 is 2.33 bits per heavy atom. The van der Waals surface area contributed by atoms with Gasteiger partial charge in [0.25, 0.3) is 10.0 Å². The highest BCUT2D eigenvalue weighted by atomic mass is 32.2. The van der Waals surface area contributed by atoms with Gasteiger partial charge in [-0.1, -0.05) is 45.0 Å². The van der Waals surface area contributed by atoms with Crippen LogP contribution in [0.25, 0.3) is 11.3 Å². The maximum absolute atomic E-state index is 13.4. The van der Waals surface area contributed by atoms with E-state index in [2.05, 4.69) is 50.7 Å². The number of rotatable bonds is 14. The summed E-state index contributed by atoms with van der Waals surface area (Å²) in [5.74, 6) is 0.0726. The largest absolute Gasteiger partial charge is 0.487 e. The Balaban J connectivity index is 1.38. The summed E-state index contributed by atoms with van der Waals surface area (Å²) in [4.78, 5) is 29.6. The molecule has 254 valence electrons. The standard InChI is InChI=1S/C36H44N6O5S/c1-23-9-6-10-24(2)33(23)31-18-26(40-35(41-31)42-48(45,46)30-14-7-11-25(17-30)34(43)44)15-16-27(19-36(3,4)5)37-22-32-38-20-29(21-39-32)47-28-12-8-13-28/h6-7,9-11,14,17-18,20-21,27-28,37H,8,12-13,15-16,19,22H2,1-5H3,(H,43,44)(H,40,41,42)/t27-/m0/s1. The van der Waals surface area contributed by atoms with Crippen LogP contribution in [0.5, 0.6) is 5.75 Å². The molecule has 2 aromatic carbocycles. The van der Waals surface area contributed by atoms with Gasteiger partial charge in [0, 0.05) is 17.3 Å². The first kappa shape index (κ1) is 34.9. The van der Waals surface area contributed by atoms with Crippen LogP contribution in [-0.4, -0.2) is 51.6 Å². The smallest absolute Gasteiger partial charge is 0.335 e. The van der Waals surface area contributed by atoms with Crippen LogP contribution >= 0.6 is 0 Å². The zero-order valence-electron chi connectivity index (χ0n) is 28.2. The maximum atomic E-state index is 13.4. The lowest BCUT2D eigenvalue weighted by Gasteiger charge is -2.27. The summed E-state index contributed by atoms with van der Waals surface area (Å²) in [5.41, 5.74) is 4.09. The van der Waals surface area contributed by atoms with Crippen molar-refractivity contribution in [3.8, 4) is 17.0 Å². The lowest BCUT2D eigenvalue weighted by Crippen LogP contribution is -2.33. The van der Waals surface area contributed by atoms with Crippen molar-refractivity contribution >= 4 is 21.9 Å². The average Bonchev–Trinajstić information content (AvgIpc) is 3.00. The lowest BCUT2D eigenvalue weighted by atomic mass is 9.86. The molecule has 1 atom stereocenters. The zero-order chi connectivity index (χ0) is 34.5. The molecule has 0 radical (unpaired) electrons. The molecule has 0 saturated heterocycles. The molecular formula is C36H44N6O5S. The van der Waals surface area contributed by atoms with Gasteiger partial charge in [-0.25, -0.2) is 37.9 Å². The molecule has 5 rings (SSSR count). The number of aromatic carboxylic acids is 1. The van der Waals surface area contributed by atoms with Crippen molar-refractivity contribution in [3.05, 3.63) is 89.1 Å². The van der Waals surface area contributed by atoms with E-state index in [1.165, 1.54) is 24.6 Å². The Morgan fingerprint density at radius 1 is 1.02 bits per heavy atom. The summed E-state index contributed by atoms with van der Waals surface area (Å²) < 4.78 is 35.2. The molecule has 2 aromatic heterocycles. The number of carbonyl (C=O) groups is 1. The molecule has 0 aliphatic heterocycles. The van der Waals surface area contributed by atoms with Crippen molar-refractivity contribution in [3.63, 3.8) is 0 Å². The number of nitrogens with one attached hydrogen (secondary N) is 2. The van der Waals surface area contributed by atoms with Crippen LogP contribution in [-0.2, 0) is 23.0 Å². The number of aromatic nitrogens is 4. The second kappa shape index (κ2) is 14.8. The highest BCUT2D eigenvalue weighted by molar-refractivity contribution is 7.92. The van der Waals surface area contributed by atoms with Gasteiger partial charge in [-0.05, 0) is 93.2 Å². The minimum Gasteiger partial charge on any atom is -0.487 e. The SMILES string of the molecule is Cc1cccc(C)c1-c1cc(CC[C@@H](CC(C)(C)C)NCc2ncc(OC3CCC3)cn2)nc(NS(=O)(=O)c2cccc(C(=O)O)c2)n1. The Morgan fingerprint density at radius 2 is 1.71 bits per heavy atom. The fourth-order valence-electron chi connectivity index (χ4n) is 5.74. The summed E-state index contributed by atoms with van der Waals surface area (Å²) in [7, 11) is -4.18. The van der Waals surface area contributed by atoms with Crippen molar-refractivity contribution in [2.75, 3.05) is 4.72 Å². The molecule has 3 N–H and O–H groups in total. The van der Waals surface area contributed by atoms with Crippen molar-refractivity contribution in [1.29, 1.82) is 0 Å². The third kappa shape index (κ3) is 9.35. The van der Waals surface area contributed by atoms with Gasteiger partial charge in [-0.3, -0.25) is 0 Å². The van der Waals surface area contributed by atoms with Crippen molar-refractivity contribution in [2.45, 2.75) is 96.7 Å². The summed E-state index contributed by atoms with van der Waals surface area (Å²) in [5, 5.41) is 13.0. The second-order valence-electron chi connectivity index (χ2n) is 13.7. The number of ether oxygens (including phenoxy) is 1. The van der Waals surface area contributed by atoms with E-state index in [9.17, 15) is 18.3 Å². The summed E-state index contributed by atoms with van der Waals surface area (Å²) >= 11 is 0. The molecule has 2 heterocycles. The number of aryl methyl sites for hydroxylation is 3. The normalized spacial score (nSPS) is 14.3. The number of nitrogens with zero attached hydrogens (tertiary/aromatic N) is 4. The molecule has 48 heavy (non-hydrogen) atoms. The van der Waals surface area contributed by atoms with E-state index in [-0.39, 0.29) is 34.0 Å². The van der Waals surface area contributed by atoms with Crippen LogP contribution in [0.3, 0.4) is 0 Å². The van der Waals surface area contributed by atoms with Crippen molar-refractivity contribution in [1.82, 2.24) is 25.3 Å². The summed E-state index contributed by atoms with van der Waals surface area (Å²) in [6, 6.07) is 13.1. The number of hydrogen-bond acceptors (Lipinski definition) is 9. The first-order chi connectivity index (χ1) is 22.8. The predicted octanol–water partition coefficient (Wildman–Crippen LogP) is 6.51. The van der Waals surface area contributed by atoms with Gasteiger partial charge in [0.1, 0.15) is 5.82 Å². The van der Waals surface area contributed by atoms with Gasteiger partial charge in [-0.15, -0.1) is 0 Å². The molecule has 1 aliphatic carbocycles. The number of carboxylic acid groups (broad SMARTS) is 1. The molecule has 11 nitrogen and oxygen atoms in total. The van der Waals surface area contributed by atoms with Crippen LogP contribution in [0.2, 0.25) is 0 Å². The van der Waals surface area contributed by atoms with Crippen molar-refractivity contribution in [2.24, 2.45) is 5.41 Å². The number of hydrogen-bond donors (Lipinski definition) is 3. The summed E-state index contributed by atoms with van der Waals surface area (Å²) in [6.45, 7) is 11.1. The minimum absolute atomic E-state index is 0.0410. The van der Waals surface area contributed by atoms with E-state index in [0.29, 0.717) is 35.9 Å². The Hall–Kier alpha value is -4.42. The van der Waals surface area contributed by atoms with Gasteiger partial charge in [0.05, 0.1) is 41.2 Å². The molecule has 0 spiro atoms. The zero-order valence-corrected chi connectivity index (χ0v) is 29.0. The molecule has 1 fully saturated rings. The monoisotopic (exact) mass is 672 g/mol. The number of sulfonamides is 1. The average molecular weight is 673 g/mol. The Bertz CT molecular complexity index is 1830. The third-order valence-electron chi connectivity index (χ3n) is 8.33. The molecule has 0 amide bonds. The van der Waals surface area contributed by atoms with Gasteiger partial charge in [0.15, 0.2) is 5.75 Å². The van der Waals surface area contributed by atoms with Crippen LogP contribution in [0.4, 0.5) is 5.95 Å². The number of anilines is 1. The van der Waals surface area contributed by atoms with Crippen LogP contribution in [0.1, 0.15) is 85.9 Å². The molecule has 0 unspecified atom stereocenters. The van der Waals surface area contributed by atoms with Crippen LogP contribution in [0.15, 0.2) is 65.8 Å². The van der Waals surface area contributed by atoms with Crippen LogP contribution < -0.4 is 14.8 Å². The molecule has 0 bridgehead atoms. The fourth-order valence-corrected chi connectivity index (χ4v) is 6.73. The van der Waals surface area contributed by atoms with Gasteiger partial charge in [0.2, 0.25) is 5.95 Å². The number of benzene rings is 2. The Kier molecular flexibility index (Phi) is 10.7. The van der Waals surface area contributed by atoms with Gasteiger partial charge in [-0.2, -0.15) is 0 Å². The van der Waals surface area contributed by atoms with Gasteiger partial charge >= 0.3 is 5.97 Å². The van der Waals surface area contributed by atoms with Crippen LogP contribution in [0, 0.1) is 19.3 Å². The van der Waals surface area contributed by atoms with E-state index in [1.807, 2.05) is 38.1 Å². The van der Waals surface area contributed by atoms with Crippen molar-refractivity contribution < 1.29 is 23.1 Å². The minimum atomic E-state index is -4.18. The summed E-state index contributed by atoms with van der Waals surface area (Å²) in [6.07, 6.45) is 9.23. The predicted molar refractivity (Wildman–Crippen MR) is 184 cm³/mol. The topological polar surface area (TPSA) is 156 Å². The molecule has 4 aromatic rings. The van der Waals surface area contributed by atoms with E-state index in [0.717, 1.165) is 48.4 Å². The highest BCUT2D eigenvalue weighted by Crippen LogP contribution is 2.29. The molecule has 12 heteroatoms. The molecule has 1 saturated carbocycles. The first-order valence-corrected chi connectivity index (χ1v) is 17.8. The van der Waals surface area contributed by atoms with E-state index < -0.39 is 16.0 Å². The third-order valence-corrected chi connectivity index (χ3v) is 9.65.